The van der Waals surface area contributed by atoms with Gasteiger partial charge in [0.25, 0.3) is 0 Å². The van der Waals surface area contributed by atoms with Gasteiger partial charge in [-0.15, -0.1) is 0 Å². The van der Waals surface area contributed by atoms with Gasteiger partial charge in [-0.25, -0.2) is 4.98 Å². The van der Waals surface area contributed by atoms with Gasteiger partial charge in [0.1, 0.15) is 17.2 Å². The van der Waals surface area contributed by atoms with Crippen LogP contribution in [-0.4, -0.2) is 35.4 Å². The molecule has 0 saturated heterocycles. The SMILES string of the molecule is COc1cccc2c1NC(=O)CC2C(=O)N1CCc2oc(CCC(C)C)nc2C1. The van der Waals surface area contributed by atoms with Gasteiger partial charge < -0.3 is 19.4 Å². The van der Waals surface area contributed by atoms with E-state index in [9.17, 15) is 9.59 Å². The molecule has 2 aliphatic rings. The second-order valence-corrected chi connectivity index (χ2v) is 8.15. The van der Waals surface area contributed by atoms with Gasteiger partial charge >= 0.3 is 0 Å². The van der Waals surface area contributed by atoms with Crippen LogP contribution in [0.3, 0.4) is 0 Å². The van der Waals surface area contributed by atoms with Crippen LogP contribution < -0.4 is 10.1 Å². The number of nitrogens with one attached hydrogen (secondary N) is 1. The highest BCUT2D eigenvalue weighted by atomic mass is 16.5. The normalized spacial score (nSPS) is 18.3. The van der Waals surface area contributed by atoms with Crippen LogP contribution in [0.25, 0.3) is 0 Å². The first-order chi connectivity index (χ1) is 14.0. The maximum absolute atomic E-state index is 13.3. The van der Waals surface area contributed by atoms with Gasteiger partial charge in [0.2, 0.25) is 11.8 Å². The summed E-state index contributed by atoms with van der Waals surface area (Å²) in [7, 11) is 1.56. The third kappa shape index (κ3) is 3.86. The molecule has 0 aliphatic carbocycles. The number of aromatic nitrogens is 1. The molecule has 0 bridgehead atoms. The van der Waals surface area contributed by atoms with Crippen molar-refractivity contribution in [1.29, 1.82) is 0 Å². The Hall–Kier alpha value is -2.83. The molecule has 1 N–H and O–H groups in total. The number of oxazole rings is 1. The van der Waals surface area contributed by atoms with Crippen LogP contribution in [0, 0.1) is 5.92 Å². The van der Waals surface area contributed by atoms with Crippen molar-refractivity contribution in [3.05, 3.63) is 41.1 Å². The van der Waals surface area contributed by atoms with Crippen LogP contribution in [0.15, 0.2) is 22.6 Å². The number of methoxy groups -OCH3 is 1. The molecule has 2 aliphatic heterocycles. The number of carbonyl (C=O) groups excluding carboxylic acids is 2. The largest absolute Gasteiger partial charge is 0.495 e. The highest BCUT2D eigenvalue weighted by Crippen LogP contribution is 2.39. The molecule has 0 saturated carbocycles. The van der Waals surface area contributed by atoms with Crippen molar-refractivity contribution in [2.24, 2.45) is 5.92 Å². The summed E-state index contributed by atoms with van der Waals surface area (Å²) in [5.41, 5.74) is 2.24. The average molecular weight is 397 g/mol. The highest BCUT2D eigenvalue weighted by molar-refractivity contribution is 6.02. The predicted octanol–water partition coefficient (Wildman–Crippen LogP) is 3.28. The summed E-state index contributed by atoms with van der Waals surface area (Å²) >= 11 is 0. The quantitative estimate of drug-likeness (QED) is 0.837. The maximum Gasteiger partial charge on any atom is 0.231 e. The molecule has 2 amide bonds. The van der Waals surface area contributed by atoms with Crippen molar-refractivity contribution in [1.82, 2.24) is 9.88 Å². The molecule has 1 aromatic heterocycles. The number of fused-ring (bicyclic) bond motifs is 2. The summed E-state index contributed by atoms with van der Waals surface area (Å²) in [5.74, 6) is 2.07. The summed E-state index contributed by atoms with van der Waals surface area (Å²) in [6.07, 6.45) is 2.63. The monoisotopic (exact) mass is 397 g/mol. The topological polar surface area (TPSA) is 84.7 Å². The Morgan fingerprint density at radius 3 is 3.00 bits per heavy atom. The smallest absolute Gasteiger partial charge is 0.231 e. The number of hydrogen-bond donors (Lipinski definition) is 1. The zero-order valence-corrected chi connectivity index (χ0v) is 17.2. The number of carbonyl (C=O) groups is 2. The molecule has 1 aromatic carbocycles. The second-order valence-electron chi connectivity index (χ2n) is 8.15. The number of aryl methyl sites for hydroxylation is 1. The first kappa shape index (κ1) is 19.5. The van der Waals surface area contributed by atoms with Crippen molar-refractivity contribution < 1.29 is 18.7 Å². The van der Waals surface area contributed by atoms with Gasteiger partial charge in [-0.1, -0.05) is 26.0 Å². The molecular weight excluding hydrogens is 370 g/mol. The third-order valence-electron chi connectivity index (χ3n) is 5.62. The van der Waals surface area contributed by atoms with Gasteiger partial charge in [0.05, 0.1) is 25.3 Å². The lowest BCUT2D eigenvalue weighted by molar-refractivity contribution is -0.135. The number of para-hydroxylation sites is 1. The van der Waals surface area contributed by atoms with E-state index >= 15 is 0 Å². The molecule has 0 spiro atoms. The minimum absolute atomic E-state index is 0.0493. The van der Waals surface area contributed by atoms with Crippen LogP contribution in [-0.2, 0) is 29.0 Å². The fraction of sp³-hybridized carbons (Fsp3) is 0.500. The van der Waals surface area contributed by atoms with Crippen LogP contribution in [0.4, 0.5) is 5.69 Å². The van der Waals surface area contributed by atoms with Crippen molar-refractivity contribution in [2.75, 3.05) is 19.0 Å². The van der Waals surface area contributed by atoms with E-state index in [4.69, 9.17) is 9.15 Å². The Morgan fingerprint density at radius 1 is 1.41 bits per heavy atom. The average Bonchev–Trinajstić information content (AvgIpc) is 3.12. The van der Waals surface area contributed by atoms with E-state index in [1.165, 1.54) is 0 Å². The Balaban J connectivity index is 1.54. The molecular formula is C22H27N3O4. The molecule has 154 valence electrons. The van der Waals surface area contributed by atoms with Gasteiger partial charge in [-0.2, -0.15) is 0 Å². The maximum atomic E-state index is 13.3. The summed E-state index contributed by atoms with van der Waals surface area (Å²) in [6.45, 7) is 5.35. The zero-order valence-electron chi connectivity index (χ0n) is 17.2. The van der Waals surface area contributed by atoms with Crippen molar-refractivity contribution in [3.63, 3.8) is 0 Å². The Labute approximate surface area is 170 Å². The fourth-order valence-electron chi connectivity index (χ4n) is 4.03. The van der Waals surface area contributed by atoms with E-state index < -0.39 is 5.92 Å². The lowest BCUT2D eigenvalue weighted by Gasteiger charge is -2.32. The van der Waals surface area contributed by atoms with Crippen molar-refractivity contribution in [2.45, 2.75) is 52.0 Å². The first-order valence-electron chi connectivity index (χ1n) is 10.2. The number of ether oxygens (including phenoxy) is 1. The van der Waals surface area contributed by atoms with E-state index in [2.05, 4.69) is 24.1 Å². The van der Waals surface area contributed by atoms with E-state index in [-0.39, 0.29) is 18.2 Å². The number of amides is 2. The van der Waals surface area contributed by atoms with Gasteiger partial charge in [-0.3, -0.25) is 9.59 Å². The van der Waals surface area contributed by atoms with Gasteiger partial charge in [0.15, 0.2) is 5.89 Å². The van der Waals surface area contributed by atoms with Crippen LogP contribution in [0.1, 0.15) is 55.5 Å². The minimum atomic E-state index is -0.511. The zero-order chi connectivity index (χ0) is 20.5. The van der Waals surface area contributed by atoms with Crippen LogP contribution in [0.5, 0.6) is 5.75 Å². The molecule has 4 rings (SSSR count). The molecule has 7 nitrogen and oxygen atoms in total. The van der Waals surface area contributed by atoms with E-state index in [1.54, 1.807) is 18.1 Å². The third-order valence-corrected chi connectivity index (χ3v) is 5.62. The number of anilines is 1. The van der Waals surface area contributed by atoms with E-state index in [0.717, 1.165) is 35.7 Å². The lowest BCUT2D eigenvalue weighted by atomic mass is 9.88. The first-order valence-corrected chi connectivity index (χ1v) is 10.2. The number of nitrogens with zero attached hydrogens (tertiary/aromatic N) is 2. The van der Waals surface area contributed by atoms with Crippen molar-refractivity contribution in [3.8, 4) is 5.75 Å². The number of hydrogen-bond acceptors (Lipinski definition) is 5. The molecule has 7 heteroatoms. The summed E-state index contributed by atoms with van der Waals surface area (Å²) < 4.78 is 11.3. The summed E-state index contributed by atoms with van der Waals surface area (Å²) in [6, 6.07) is 5.52. The van der Waals surface area contributed by atoms with E-state index in [1.807, 2.05) is 12.1 Å². The van der Waals surface area contributed by atoms with Gasteiger partial charge in [-0.05, 0) is 24.0 Å². The fourth-order valence-corrected chi connectivity index (χ4v) is 4.03. The molecule has 3 heterocycles. The summed E-state index contributed by atoms with van der Waals surface area (Å²) in [5, 5.41) is 2.85. The van der Waals surface area contributed by atoms with Crippen LogP contribution in [0.2, 0.25) is 0 Å². The standard InChI is InChI=1S/C22H27N3O4/c1-13(2)7-8-20-23-16-12-25(10-9-17(16)29-20)22(27)15-11-19(26)24-21-14(15)5-4-6-18(21)28-3/h4-6,13,15H,7-12H2,1-3H3,(H,24,26). The molecule has 1 atom stereocenters. The van der Waals surface area contributed by atoms with Crippen molar-refractivity contribution >= 4 is 17.5 Å². The van der Waals surface area contributed by atoms with Crippen LogP contribution >= 0.6 is 0 Å². The molecule has 29 heavy (non-hydrogen) atoms. The predicted molar refractivity (Wildman–Crippen MR) is 108 cm³/mol. The molecule has 1 unspecified atom stereocenters. The molecule has 0 radical (unpaired) electrons. The highest BCUT2D eigenvalue weighted by Gasteiger charge is 2.36. The Morgan fingerprint density at radius 2 is 2.24 bits per heavy atom. The molecule has 2 aromatic rings. The number of benzene rings is 1. The second kappa shape index (κ2) is 7.89. The number of rotatable bonds is 5. The Kier molecular flexibility index (Phi) is 5.30. The Bertz CT molecular complexity index is 934. The van der Waals surface area contributed by atoms with E-state index in [0.29, 0.717) is 36.9 Å². The minimum Gasteiger partial charge on any atom is -0.495 e. The lowest BCUT2D eigenvalue weighted by Crippen LogP contribution is -2.41. The molecule has 0 fully saturated rings. The van der Waals surface area contributed by atoms with Gasteiger partial charge in [0, 0.05) is 25.8 Å². The summed E-state index contributed by atoms with van der Waals surface area (Å²) in [4.78, 5) is 32.0.